The number of esters is 1. The first-order valence-corrected chi connectivity index (χ1v) is 7.91. The van der Waals surface area contributed by atoms with Gasteiger partial charge in [0.15, 0.2) is 0 Å². The van der Waals surface area contributed by atoms with Gasteiger partial charge < -0.3 is 9.84 Å². The van der Waals surface area contributed by atoms with Crippen molar-refractivity contribution >= 4 is 11.9 Å². The third kappa shape index (κ3) is 4.02. The van der Waals surface area contributed by atoms with E-state index in [1.807, 2.05) is 12.1 Å². The lowest BCUT2D eigenvalue weighted by Crippen LogP contribution is -2.17. The summed E-state index contributed by atoms with van der Waals surface area (Å²) in [5, 5.41) is 8.91. The Balaban J connectivity index is 2.30. The highest BCUT2D eigenvalue weighted by Crippen LogP contribution is 2.33. The van der Waals surface area contributed by atoms with Gasteiger partial charge in [0.25, 0.3) is 0 Å². The van der Waals surface area contributed by atoms with Crippen molar-refractivity contribution in [3.63, 3.8) is 0 Å². The molecule has 4 nitrogen and oxygen atoms in total. The second kappa shape index (κ2) is 6.87. The van der Waals surface area contributed by atoms with Crippen LogP contribution in [0.1, 0.15) is 59.5 Å². The molecule has 2 rings (SSSR count). The van der Waals surface area contributed by atoms with Crippen LogP contribution in [0.4, 0.5) is 0 Å². The molecule has 0 radical (unpaired) electrons. The quantitative estimate of drug-likeness (QED) is 0.665. The van der Waals surface area contributed by atoms with Crippen LogP contribution >= 0.6 is 0 Å². The summed E-state index contributed by atoms with van der Waals surface area (Å²) < 4.78 is 5.57. The number of aromatic carboxylic acids is 1. The molecular formula is C20H22O4. The first-order chi connectivity index (χ1) is 11.2. The maximum atomic E-state index is 12.4. The molecule has 0 saturated heterocycles. The van der Waals surface area contributed by atoms with Crippen LogP contribution in [0.2, 0.25) is 0 Å². The van der Waals surface area contributed by atoms with Crippen molar-refractivity contribution in [1.29, 1.82) is 0 Å². The van der Waals surface area contributed by atoms with Crippen molar-refractivity contribution in [2.45, 2.75) is 39.5 Å². The summed E-state index contributed by atoms with van der Waals surface area (Å²) in [5.74, 6) is -0.992. The lowest BCUT2D eigenvalue weighted by atomic mass is 9.85. The van der Waals surface area contributed by atoms with E-state index in [1.54, 1.807) is 0 Å². The summed E-state index contributed by atoms with van der Waals surface area (Å²) in [6.45, 7) is 8.29. The average Bonchev–Trinajstić information content (AvgIpc) is 2.54. The summed E-state index contributed by atoms with van der Waals surface area (Å²) in [5.41, 5.74) is 2.45. The molecule has 0 aliphatic rings. The molecule has 0 atom stereocenters. The van der Waals surface area contributed by atoms with E-state index < -0.39 is 11.9 Å². The zero-order valence-electron chi connectivity index (χ0n) is 14.4. The minimum absolute atomic E-state index is 0.134. The van der Waals surface area contributed by atoms with Gasteiger partial charge in [-0.15, -0.1) is 0 Å². The largest absolute Gasteiger partial charge is 0.478 e. The predicted molar refractivity (Wildman–Crippen MR) is 92.9 cm³/mol. The molecule has 0 spiro atoms. The smallest absolute Gasteiger partial charge is 0.343 e. The van der Waals surface area contributed by atoms with Gasteiger partial charge in [0.1, 0.15) is 5.75 Å². The van der Waals surface area contributed by atoms with Gasteiger partial charge in [-0.05, 0) is 47.7 Å². The molecule has 2 aromatic rings. The highest BCUT2D eigenvalue weighted by molar-refractivity contribution is 5.93. The van der Waals surface area contributed by atoms with Crippen LogP contribution < -0.4 is 4.74 Å². The fourth-order valence-electron chi connectivity index (χ4n) is 2.38. The number of aryl methyl sites for hydroxylation is 1. The lowest BCUT2D eigenvalue weighted by molar-refractivity contribution is 0.0691. The molecule has 0 heterocycles. The van der Waals surface area contributed by atoms with Crippen molar-refractivity contribution in [2.24, 2.45) is 0 Å². The van der Waals surface area contributed by atoms with Crippen LogP contribution in [0, 0.1) is 0 Å². The van der Waals surface area contributed by atoms with E-state index in [-0.39, 0.29) is 11.0 Å². The summed E-state index contributed by atoms with van der Waals surface area (Å²) in [6.07, 6.45) is 0.911. The van der Waals surface area contributed by atoms with E-state index in [4.69, 9.17) is 9.84 Å². The van der Waals surface area contributed by atoms with Crippen molar-refractivity contribution in [1.82, 2.24) is 0 Å². The Kier molecular flexibility index (Phi) is 5.07. The van der Waals surface area contributed by atoms with Crippen LogP contribution in [0.15, 0.2) is 42.5 Å². The molecule has 4 heteroatoms. The fraction of sp³-hybridized carbons (Fsp3) is 0.300. The zero-order chi connectivity index (χ0) is 17.9. The Bertz CT molecular complexity index is 752. The molecule has 0 aliphatic carbocycles. The van der Waals surface area contributed by atoms with Gasteiger partial charge in [-0.25, -0.2) is 9.59 Å². The second-order valence-corrected chi connectivity index (χ2v) is 6.71. The Morgan fingerprint density at radius 2 is 1.58 bits per heavy atom. The number of hydrogen-bond acceptors (Lipinski definition) is 3. The standard InChI is InChI=1S/C20H22O4/c1-5-13-6-11-17(16(12-13)20(2,3)4)24-19(23)15-9-7-14(8-10-15)18(21)22/h6-12H,5H2,1-4H3,(H,21,22). The predicted octanol–water partition coefficient (Wildman–Crippen LogP) is 4.46. The van der Waals surface area contributed by atoms with E-state index in [0.29, 0.717) is 11.3 Å². The number of carbonyl (C=O) groups excluding carboxylic acids is 1. The summed E-state index contributed by atoms with van der Waals surface area (Å²) in [6, 6.07) is 11.5. The van der Waals surface area contributed by atoms with Crippen LogP contribution in [-0.2, 0) is 11.8 Å². The van der Waals surface area contributed by atoms with Crippen molar-refractivity contribution in [2.75, 3.05) is 0 Å². The maximum Gasteiger partial charge on any atom is 0.343 e. The van der Waals surface area contributed by atoms with Crippen molar-refractivity contribution in [3.8, 4) is 5.75 Å². The van der Waals surface area contributed by atoms with Crippen molar-refractivity contribution in [3.05, 3.63) is 64.7 Å². The topological polar surface area (TPSA) is 63.6 Å². The minimum Gasteiger partial charge on any atom is -0.478 e. The summed E-state index contributed by atoms with van der Waals surface area (Å²) in [4.78, 5) is 23.2. The van der Waals surface area contributed by atoms with Crippen LogP contribution in [0.25, 0.3) is 0 Å². The molecule has 0 unspecified atom stereocenters. The van der Waals surface area contributed by atoms with Gasteiger partial charge in [0.05, 0.1) is 11.1 Å². The number of hydrogen-bond donors (Lipinski definition) is 1. The van der Waals surface area contributed by atoms with Gasteiger partial charge in [0.2, 0.25) is 0 Å². The highest BCUT2D eigenvalue weighted by Gasteiger charge is 2.21. The molecule has 0 saturated carbocycles. The molecule has 126 valence electrons. The molecule has 24 heavy (non-hydrogen) atoms. The molecule has 0 fully saturated rings. The third-order valence-corrected chi connectivity index (χ3v) is 3.83. The number of carboxylic acids is 1. The normalized spacial score (nSPS) is 11.2. The maximum absolute atomic E-state index is 12.4. The molecular weight excluding hydrogens is 304 g/mol. The van der Waals surface area contributed by atoms with E-state index >= 15 is 0 Å². The second-order valence-electron chi connectivity index (χ2n) is 6.71. The number of rotatable bonds is 4. The Morgan fingerprint density at radius 1 is 1.00 bits per heavy atom. The number of benzene rings is 2. The van der Waals surface area contributed by atoms with Gasteiger partial charge in [-0.2, -0.15) is 0 Å². The SMILES string of the molecule is CCc1ccc(OC(=O)c2ccc(C(=O)O)cc2)c(C(C)(C)C)c1. The summed E-state index contributed by atoms with van der Waals surface area (Å²) in [7, 11) is 0. The molecule has 0 aromatic heterocycles. The highest BCUT2D eigenvalue weighted by atomic mass is 16.5. The Hall–Kier alpha value is -2.62. The van der Waals surface area contributed by atoms with Crippen LogP contribution in [-0.4, -0.2) is 17.0 Å². The van der Waals surface area contributed by atoms with Crippen LogP contribution in [0.5, 0.6) is 5.75 Å². The first kappa shape index (κ1) is 17.7. The molecule has 0 aliphatic heterocycles. The van der Waals surface area contributed by atoms with Gasteiger partial charge in [-0.3, -0.25) is 0 Å². The van der Waals surface area contributed by atoms with Gasteiger partial charge >= 0.3 is 11.9 Å². The molecule has 0 bridgehead atoms. The Labute approximate surface area is 142 Å². The van der Waals surface area contributed by atoms with Crippen LogP contribution in [0.3, 0.4) is 0 Å². The molecule has 1 N–H and O–H groups in total. The fourth-order valence-corrected chi connectivity index (χ4v) is 2.38. The molecule has 2 aromatic carbocycles. The molecule has 0 amide bonds. The van der Waals surface area contributed by atoms with E-state index in [1.165, 1.54) is 29.8 Å². The third-order valence-electron chi connectivity index (χ3n) is 3.83. The van der Waals surface area contributed by atoms with E-state index in [0.717, 1.165) is 12.0 Å². The number of ether oxygens (including phenoxy) is 1. The summed E-state index contributed by atoms with van der Waals surface area (Å²) >= 11 is 0. The minimum atomic E-state index is -1.03. The zero-order valence-corrected chi connectivity index (χ0v) is 14.4. The Morgan fingerprint density at radius 3 is 2.08 bits per heavy atom. The average molecular weight is 326 g/mol. The first-order valence-electron chi connectivity index (χ1n) is 7.91. The van der Waals surface area contributed by atoms with Crippen molar-refractivity contribution < 1.29 is 19.4 Å². The van der Waals surface area contributed by atoms with Gasteiger partial charge in [0, 0.05) is 5.56 Å². The monoisotopic (exact) mass is 326 g/mol. The number of carbonyl (C=O) groups is 2. The van der Waals surface area contributed by atoms with E-state index in [2.05, 4.69) is 33.8 Å². The van der Waals surface area contributed by atoms with E-state index in [9.17, 15) is 9.59 Å². The lowest BCUT2D eigenvalue weighted by Gasteiger charge is -2.23. The van der Waals surface area contributed by atoms with Gasteiger partial charge in [-0.1, -0.05) is 39.8 Å². The number of carboxylic acid groups (broad SMARTS) is 1.